The second kappa shape index (κ2) is 7.82. The van der Waals surface area contributed by atoms with Crippen LogP contribution in [-0.4, -0.2) is 23.5 Å². The zero-order valence-electron chi connectivity index (χ0n) is 11.4. The zero-order valence-corrected chi connectivity index (χ0v) is 11.4. The predicted molar refractivity (Wildman–Crippen MR) is 73.2 cm³/mol. The first kappa shape index (κ1) is 14.6. The summed E-state index contributed by atoms with van der Waals surface area (Å²) in [6, 6.07) is 6.27. The fraction of sp³-hybridized carbons (Fsp3) is 0.571. The van der Waals surface area contributed by atoms with Crippen molar-refractivity contribution in [2.45, 2.75) is 45.7 Å². The van der Waals surface area contributed by atoms with E-state index in [2.05, 4.69) is 29.5 Å². The van der Waals surface area contributed by atoms with Gasteiger partial charge < -0.3 is 10.6 Å². The summed E-state index contributed by atoms with van der Waals surface area (Å²) in [4.78, 5) is 15.8. The van der Waals surface area contributed by atoms with Crippen molar-refractivity contribution in [3.63, 3.8) is 0 Å². The molecule has 0 bridgehead atoms. The van der Waals surface area contributed by atoms with Gasteiger partial charge in [0.15, 0.2) is 0 Å². The summed E-state index contributed by atoms with van der Waals surface area (Å²) in [5, 5.41) is 6.25. The predicted octanol–water partition coefficient (Wildman–Crippen LogP) is 2.04. The Kier molecular flexibility index (Phi) is 6.36. The molecule has 4 heteroatoms. The summed E-state index contributed by atoms with van der Waals surface area (Å²) in [6.45, 7) is 6.79. The van der Waals surface area contributed by atoms with Gasteiger partial charge in [0.05, 0.1) is 5.69 Å². The van der Waals surface area contributed by atoms with Gasteiger partial charge in [0, 0.05) is 31.2 Å². The molecule has 0 spiro atoms. The van der Waals surface area contributed by atoms with Gasteiger partial charge in [-0.3, -0.25) is 9.78 Å². The molecule has 0 saturated heterocycles. The Morgan fingerprint density at radius 3 is 2.78 bits per heavy atom. The van der Waals surface area contributed by atoms with Crippen molar-refractivity contribution in [2.24, 2.45) is 0 Å². The Labute approximate surface area is 109 Å². The smallest absolute Gasteiger partial charge is 0.221 e. The van der Waals surface area contributed by atoms with Gasteiger partial charge in [-0.1, -0.05) is 13.0 Å². The number of rotatable bonds is 7. The number of carbonyl (C=O) groups is 1. The monoisotopic (exact) mass is 249 g/mol. The minimum atomic E-state index is 0.102. The minimum absolute atomic E-state index is 0.102. The quantitative estimate of drug-likeness (QED) is 0.777. The van der Waals surface area contributed by atoms with Crippen LogP contribution in [0.15, 0.2) is 24.4 Å². The third-order valence-corrected chi connectivity index (χ3v) is 2.95. The maximum atomic E-state index is 11.6. The van der Waals surface area contributed by atoms with E-state index in [9.17, 15) is 4.79 Å². The summed E-state index contributed by atoms with van der Waals surface area (Å²) in [5.41, 5.74) is 1.000. The number of nitrogens with one attached hydrogen (secondary N) is 2. The molecule has 0 aliphatic rings. The molecule has 0 aliphatic heterocycles. The van der Waals surface area contributed by atoms with E-state index in [0.29, 0.717) is 13.0 Å². The van der Waals surface area contributed by atoms with E-state index in [1.54, 1.807) is 6.20 Å². The number of carbonyl (C=O) groups excluding carboxylic acids is 1. The van der Waals surface area contributed by atoms with E-state index in [-0.39, 0.29) is 18.0 Å². The maximum Gasteiger partial charge on any atom is 0.221 e. The lowest BCUT2D eigenvalue weighted by Gasteiger charge is -2.14. The minimum Gasteiger partial charge on any atom is -0.354 e. The van der Waals surface area contributed by atoms with Crippen molar-refractivity contribution >= 4 is 5.91 Å². The number of hydrogen-bond acceptors (Lipinski definition) is 3. The fourth-order valence-electron chi connectivity index (χ4n) is 1.59. The van der Waals surface area contributed by atoms with Crippen molar-refractivity contribution in [1.29, 1.82) is 0 Å². The van der Waals surface area contributed by atoms with E-state index < -0.39 is 0 Å². The van der Waals surface area contributed by atoms with Crippen LogP contribution in [0.3, 0.4) is 0 Å². The van der Waals surface area contributed by atoms with E-state index in [1.807, 2.05) is 25.1 Å². The first-order valence-electron chi connectivity index (χ1n) is 6.57. The second-order valence-corrected chi connectivity index (χ2v) is 4.56. The maximum absolute atomic E-state index is 11.6. The molecule has 1 aromatic rings. The zero-order chi connectivity index (χ0) is 13.4. The molecule has 4 nitrogen and oxygen atoms in total. The number of amides is 1. The molecule has 0 saturated carbocycles. The molecule has 2 atom stereocenters. The van der Waals surface area contributed by atoms with Gasteiger partial charge in [0.25, 0.3) is 0 Å². The lowest BCUT2D eigenvalue weighted by atomic mass is 10.2. The molecule has 18 heavy (non-hydrogen) atoms. The first-order chi connectivity index (χ1) is 8.63. The number of aromatic nitrogens is 1. The van der Waals surface area contributed by atoms with Crippen LogP contribution in [0.1, 0.15) is 45.3 Å². The van der Waals surface area contributed by atoms with Crippen molar-refractivity contribution in [2.75, 3.05) is 6.54 Å². The van der Waals surface area contributed by atoms with E-state index in [4.69, 9.17) is 0 Å². The standard InChI is InChI=1S/C14H23N3O/c1-4-11(2)17-14(18)8-10-15-12(3)13-7-5-6-9-16-13/h5-7,9,11-12,15H,4,8,10H2,1-3H3,(H,17,18). The van der Waals surface area contributed by atoms with E-state index >= 15 is 0 Å². The van der Waals surface area contributed by atoms with Crippen molar-refractivity contribution in [1.82, 2.24) is 15.6 Å². The summed E-state index contributed by atoms with van der Waals surface area (Å²) in [7, 11) is 0. The second-order valence-electron chi connectivity index (χ2n) is 4.56. The number of pyridine rings is 1. The van der Waals surface area contributed by atoms with Crippen LogP contribution in [0.2, 0.25) is 0 Å². The molecule has 0 radical (unpaired) electrons. The average molecular weight is 249 g/mol. The highest BCUT2D eigenvalue weighted by Gasteiger charge is 2.08. The lowest BCUT2D eigenvalue weighted by Crippen LogP contribution is -2.34. The van der Waals surface area contributed by atoms with Crippen LogP contribution in [0.4, 0.5) is 0 Å². The van der Waals surface area contributed by atoms with Crippen LogP contribution in [0.25, 0.3) is 0 Å². The molecule has 1 amide bonds. The Balaban J connectivity index is 2.23. The Hall–Kier alpha value is -1.42. The van der Waals surface area contributed by atoms with Crippen LogP contribution in [0.5, 0.6) is 0 Å². The molecule has 0 aromatic carbocycles. The van der Waals surface area contributed by atoms with Crippen LogP contribution >= 0.6 is 0 Å². The van der Waals surface area contributed by atoms with Crippen molar-refractivity contribution < 1.29 is 4.79 Å². The highest BCUT2D eigenvalue weighted by molar-refractivity contribution is 5.76. The lowest BCUT2D eigenvalue weighted by molar-refractivity contribution is -0.121. The molecular weight excluding hydrogens is 226 g/mol. The fourth-order valence-corrected chi connectivity index (χ4v) is 1.59. The van der Waals surface area contributed by atoms with Crippen molar-refractivity contribution in [3.05, 3.63) is 30.1 Å². The highest BCUT2D eigenvalue weighted by Crippen LogP contribution is 2.07. The van der Waals surface area contributed by atoms with E-state index in [0.717, 1.165) is 12.1 Å². The number of nitrogens with zero attached hydrogens (tertiary/aromatic N) is 1. The van der Waals surface area contributed by atoms with Crippen LogP contribution in [0, 0.1) is 0 Å². The highest BCUT2D eigenvalue weighted by atomic mass is 16.1. The van der Waals surface area contributed by atoms with Gasteiger partial charge in [0.1, 0.15) is 0 Å². The average Bonchev–Trinajstić information content (AvgIpc) is 2.39. The van der Waals surface area contributed by atoms with Crippen LogP contribution in [-0.2, 0) is 4.79 Å². The molecule has 1 rings (SSSR count). The summed E-state index contributed by atoms with van der Waals surface area (Å²) in [6.07, 6.45) is 3.24. The Morgan fingerprint density at radius 2 is 2.17 bits per heavy atom. The van der Waals surface area contributed by atoms with Gasteiger partial charge in [-0.25, -0.2) is 0 Å². The number of hydrogen-bond donors (Lipinski definition) is 2. The van der Waals surface area contributed by atoms with Gasteiger partial charge >= 0.3 is 0 Å². The van der Waals surface area contributed by atoms with Gasteiger partial charge in [-0.05, 0) is 32.4 Å². The SMILES string of the molecule is CCC(C)NC(=O)CCNC(C)c1ccccn1. The summed E-state index contributed by atoms with van der Waals surface area (Å²) >= 11 is 0. The first-order valence-corrected chi connectivity index (χ1v) is 6.57. The Morgan fingerprint density at radius 1 is 1.39 bits per heavy atom. The van der Waals surface area contributed by atoms with Crippen molar-refractivity contribution in [3.8, 4) is 0 Å². The largest absolute Gasteiger partial charge is 0.354 e. The molecule has 0 fully saturated rings. The van der Waals surface area contributed by atoms with Crippen LogP contribution < -0.4 is 10.6 Å². The Bertz CT molecular complexity index is 353. The van der Waals surface area contributed by atoms with Gasteiger partial charge in [0.2, 0.25) is 5.91 Å². The van der Waals surface area contributed by atoms with Gasteiger partial charge in [-0.2, -0.15) is 0 Å². The van der Waals surface area contributed by atoms with Gasteiger partial charge in [-0.15, -0.1) is 0 Å². The molecular formula is C14H23N3O. The van der Waals surface area contributed by atoms with E-state index in [1.165, 1.54) is 0 Å². The molecule has 2 unspecified atom stereocenters. The third-order valence-electron chi connectivity index (χ3n) is 2.95. The topological polar surface area (TPSA) is 54.0 Å². The molecule has 1 aromatic heterocycles. The molecule has 1 heterocycles. The molecule has 0 aliphatic carbocycles. The molecule has 100 valence electrons. The molecule has 2 N–H and O–H groups in total. The normalized spacial score (nSPS) is 13.9. The third kappa shape index (κ3) is 5.27. The summed E-state index contributed by atoms with van der Waals surface area (Å²) < 4.78 is 0. The summed E-state index contributed by atoms with van der Waals surface area (Å²) in [5.74, 6) is 0.102.